The molecular formula is C12H14O4. The molecule has 4 fully saturated rings. The van der Waals surface area contributed by atoms with Crippen molar-refractivity contribution in [3.8, 4) is 0 Å². The molecule has 86 valence electrons. The highest BCUT2D eigenvalue weighted by Gasteiger charge is 2.89. The van der Waals surface area contributed by atoms with Crippen LogP contribution in [0.2, 0.25) is 0 Å². The molecule has 0 aliphatic heterocycles. The molecule has 4 aliphatic carbocycles. The summed E-state index contributed by atoms with van der Waals surface area (Å²) in [6.07, 6.45) is 0. The summed E-state index contributed by atoms with van der Waals surface area (Å²) in [5.41, 5.74) is 0. The van der Waals surface area contributed by atoms with E-state index >= 15 is 0 Å². The SMILES string of the molecule is COC(=O)C1[C@@H]2C3C4[C@@H]2C(C(=O)OC)[C@@H]4[C@H]13. The summed E-state index contributed by atoms with van der Waals surface area (Å²) in [6.45, 7) is 0. The summed E-state index contributed by atoms with van der Waals surface area (Å²) in [6, 6.07) is 0. The third-order valence-corrected chi connectivity index (χ3v) is 5.72. The predicted octanol–water partition coefficient (Wildman–Crippen LogP) is 0.316. The van der Waals surface area contributed by atoms with Crippen molar-refractivity contribution in [2.75, 3.05) is 14.2 Å². The fourth-order valence-electron chi connectivity index (χ4n) is 5.31. The second-order valence-corrected chi connectivity index (χ2v) is 5.56. The third-order valence-electron chi connectivity index (χ3n) is 5.72. The highest BCUT2D eigenvalue weighted by atomic mass is 16.5. The van der Waals surface area contributed by atoms with Crippen LogP contribution in [0.25, 0.3) is 0 Å². The molecule has 4 rings (SSSR count). The molecule has 4 atom stereocenters. The maximum Gasteiger partial charge on any atom is 0.309 e. The minimum Gasteiger partial charge on any atom is -0.469 e. The Balaban J connectivity index is 1.58. The first-order chi connectivity index (χ1) is 7.72. The van der Waals surface area contributed by atoms with Crippen molar-refractivity contribution in [3.05, 3.63) is 0 Å². The predicted molar refractivity (Wildman–Crippen MR) is 52.0 cm³/mol. The fraction of sp³-hybridized carbons (Fsp3) is 0.833. The number of rotatable bonds is 2. The van der Waals surface area contributed by atoms with Gasteiger partial charge in [0, 0.05) is 0 Å². The Kier molecular flexibility index (Phi) is 1.37. The van der Waals surface area contributed by atoms with Crippen LogP contribution in [0.15, 0.2) is 0 Å². The first-order valence-corrected chi connectivity index (χ1v) is 5.88. The van der Waals surface area contributed by atoms with Crippen molar-refractivity contribution in [3.63, 3.8) is 0 Å². The molecule has 0 aromatic carbocycles. The summed E-state index contributed by atoms with van der Waals surface area (Å²) in [5.74, 6) is 3.23. The van der Waals surface area contributed by atoms with Crippen molar-refractivity contribution in [2.24, 2.45) is 47.3 Å². The van der Waals surface area contributed by atoms with Crippen LogP contribution in [0.1, 0.15) is 0 Å². The summed E-state index contributed by atoms with van der Waals surface area (Å²) in [5, 5.41) is 0. The molecule has 0 unspecified atom stereocenters. The highest BCUT2D eigenvalue weighted by molar-refractivity contribution is 5.81. The van der Waals surface area contributed by atoms with E-state index in [1.165, 1.54) is 14.2 Å². The summed E-state index contributed by atoms with van der Waals surface area (Å²) in [7, 11) is 2.90. The molecule has 0 N–H and O–H groups in total. The number of hydrogen-bond donors (Lipinski definition) is 0. The number of methoxy groups -OCH3 is 2. The molecule has 0 radical (unpaired) electrons. The summed E-state index contributed by atoms with van der Waals surface area (Å²) in [4.78, 5) is 23.2. The average Bonchev–Trinajstić information content (AvgIpc) is 2.32. The lowest BCUT2D eigenvalue weighted by atomic mass is 9.14. The molecule has 0 spiro atoms. The van der Waals surface area contributed by atoms with E-state index in [4.69, 9.17) is 9.47 Å². The number of hydrogen-bond acceptors (Lipinski definition) is 4. The van der Waals surface area contributed by atoms with Crippen LogP contribution in [-0.4, -0.2) is 26.2 Å². The lowest BCUT2D eigenvalue weighted by molar-refractivity contribution is -0.422. The van der Waals surface area contributed by atoms with Crippen LogP contribution in [0, 0.1) is 47.3 Å². The molecule has 4 heteroatoms. The van der Waals surface area contributed by atoms with E-state index in [2.05, 4.69) is 0 Å². The number of fused-ring (bicyclic) bond motifs is 2. The first-order valence-electron chi connectivity index (χ1n) is 5.88. The highest BCUT2D eigenvalue weighted by Crippen LogP contribution is 2.88. The summed E-state index contributed by atoms with van der Waals surface area (Å²) >= 11 is 0. The molecule has 0 bridgehead atoms. The van der Waals surface area contributed by atoms with Gasteiger partial charge in [-0.1, -0.05) is 0 Å². The molecule has 16 heavy (non-hydrogen) atoms. The first kappa shape index (κ1) is 9.02. The van der Waals surface area contributed by atoms with Crippen molar-refractivity contribution >= 4 is 11.9 Å². The molecule has 4 saturated carbocycles. The number of esters is 2. The van der Waals surface area contributed by atoms with Gasteiger partial charge in [0.1, 0.15) is 0 Å². The van der Waals surface area contributed by atoms with Crippen LogP contribution in [0.3, 0.4) is 0 Å². The van der Waals surface area contributed by atoms with Gasteiger partial charge in [0.15, 0.2) is 0 Å². The zero-order chi connectivity index (χ0) is 11.2. The Morgan fingerprint density at radius 2 is 1.00 bits per heavy atom. The molecule has 4 nitrogen and oxygen atoms in total. The van der Waals surface area contributed by atoms with Gasteiger partial charge in [0.25, 0.3) is 0 Å². The van der Waals surface area contributed by atoms with Crippen LogP contribution in [0.5, 0.6) is 0 Å². The van der Waals surface area contributed by atoms with Gasteiger partial charge >= 0.3 is 11.9 Å². The minimum absolute atomic E-state index is 0.0669. The second kappa shape index (κ2) is 2.44. The maximum absolute atomic E-state index is 11.6. The normalized spacial score (nSPS) is 57.9. The topological polar surface area (TPSA) is 52.6 Å². The Morgan fingerprint density at radius 1 is 0.688 bits per heavy atom. The van der Waals surface area contributed by atoms with Crippen molar-refractivity contribution in [1.82, 2.24) is 0 Å². The molecule has 0 aromatic rings. The smallest absolute Gasteiger partial charge is 0.309 e. The van der Waals surface area contributed by atoms with E-state index in [0.717, 1.165) is 11.8 Å². The number of carbonyl (C=O) groups is 2. The van der Waals surface area contributed by atoms with Gasteiger partial charge in [0.05, 0.1) is 26.1 Å². The van der Waals surface area contributed by atoms with Gasteiger partial charge in [0.2, 0.25) is 0 Å². The quantitative estimate of drug-likeness (QED) is 0.631. The van der Waals surface area contributed by atoms with E-state index in [1.54, 1.807) is 0 Å². The number of carbonyl (C=O) groups excluding carboxylic acids is 2. The van der Waals surface area contributed by atoms with E-state index in [1.807, 2.05) is 0 Å². The van der Waals surface area contributed by atoms with Crippen LogP contribution < -0.4 is 0 Å². The van der Waals surface area contributed by atoms with Gasteiger partial charge in [-0.25, -0.2) is 0 Å². The zero-order valence-electron chi connectivity index (χ0n) is 9.25. The molecular weight excluding hydrogens is 208 g/mol. The maximum atomic E-state index is 11.6. The standard InChI is InChI=1S/C12H14O4/c1-15-11(13)9-5-3-4-7(5)10(12(14)16-2)8(4)6(3)9/h3-10H,1-2H3/t3?,4?,5-,6-,7+,8+,9?,10?. The summed E-state index contributed by atoms with van der Waals surface area (Å²) < 4.78 is 9.68. The van der Waals surface area contributed by atoms with Gasteiger partial charge in [-0.15, -0.1) is 0 Å². The number of ether oxygens (including phenoxy) is 2. The zero-order valence-corrected chi connectivity index (χ0v) is 9.25. The van der Waals surface area contributed by atoms with E-state index in [0.29, 0.717) is 23.7 Å². The average molecular weight is 222 g/mol. The van der Waals surface area contributed by atoms with Gasteiger partial charge < -0.3 is 9.47 Å². The van der Waals surface area contributed by atoms with E-state index in [9.17, 15) is 9.59 Å². The Hall–Kier alpha value is -1.06. The minimum atomic E-state index is -0.0669. The Morgan fingerprint density at radius 3 is 1.25 bits per heavy atom. The lowest BCUT2D eigenvalue weighted by Crippen LogP contribution is -2.89. The van der Waals surface area contributed by atoms with Gasteiger partial charge in [-0.2, -0.15) is 0 Å². The fourth-order valence-corrected chi connectivity index (χ4v) is 5.31. The molecule has 4 aliphatic rings. The van der Waals surface area contributed by atoms with Crippen LogP contribution in [0.4, 0.5) is 0 Å². The Bertz CT molecular complexity index is 346. The largest absolute Gasteiger partial charge is 0.469 e. The van der Waals surface area contributed by atoms with Gasteiger partial charge in [-0.3, -0.25) is 9.59 Å². The van der Waals surface area contributed by atoms with Gasteiger partial charge in [-0.05, 0) is 35.5 Å². The third kappa shape index (κ3) is 0.611. The lowest BCUT2D eigenvalue weighted by Gasteiger charge is -2.88. The molecule has 0 aromatic heterocycles. The monoisotopic (exact) mass is 222 g/mol. The van der Waals surface area contributed by atoms with Crippen LogP contribution >= 0.6 is 0 Å². The molecule has 0 saturated heterocycles. The molecule has 0 heterocycles. The second-order valence-electron chi connectivity index (χ2n) is 5.56. The van der Waals surface area contributed by atoms with Crippen molar-refractivity contribution in [2.45, 2.75) is 0 Å². The van der Waals surface area contributed by atoms with Crippen molar-refractivity contribution in [1.29, 1.82) is 0 Å². The van der Waals surface area contributed by atoms with Crippen LogP contribution in [-0.2, 0) is 19.1 Å². The molecule has 0 amide bonds. The van der Waals surface area contributed by atoms with Crippen molar-refractivity contribution < 1.29 is 19.1 Å². The Labute approximate surface area is 93.3 Å². The van der Waals surface area contributed by atoms with E-state index in [-0.39, 0.29) is 23.8 Å². The van der Waals surface area contributed by atoms with E-state index < -0.39 is 0 Å².